The molecule has 0 aromatic heterocycles. The van der Waals surface area contributed by atoms with Crippen LogP contribution in [0.3, 0.4) is 0 Å². The van der Waals surface area contributed by atoms with Gasteiger partial charge in [0.25, 0.3) is 0 Å². The minimum atomic E-state index is -0.199. The molecular formula is C40H78O3. The molecule has 3 heteroatoms. The van der Waals surface area contributed by atoms with Gasteiger partial charge in [0.15, 0.2) is 0 Å². The molecule has 2 fully saturated rings. The molecule has 0 aromatic carbocycles. The number of Topliss-reactive ketones (excluding diaryl/α,β-unsaturated/α-hetero) is 2. The molecule has 256 valence electrons. The molecule has 0 unspecified atom stereocenters. The van der Waals surface area contributed by atoms with Gasteiger partial charge in [-0.05, 0) is 80.5 Å². The molecule has 0 atom stereocenters. The van der Waals surface area contributed by atoms with E-state index in [1.54, 1.807) is 0 Å². The maximum atomic E-state index is 11.8. The molecule has 0 spiro atoms. The fraction of sp³-hybridized carbons (Fsp3) is 0.950. The van der Waals surface area contributed by atoms with Crippen LogP contribution in [0.1, 0.15) is 186 Å². The third-order valence-corrected chi connectivity index (χ3v) is 10.5. The topological polar surface area (TPSA) is 43.4 Å². The summed E-state index contributed by atoms with van der Waals surface area (Å²) in [6.07, 6.45) is 21.4. The van der Waals surface area contributed by atoms with Crippen LogP contribution in [0, 0.1) is 46.3 Å². The van der Waals surface area contributed by atoms with Crippen LogP contribution in [0.5, 0.6) is 0 Å². The second kappa shape index (κ2) is 21.9. The van der Waals surface area contributed by atoms with Crippen LogP contribution in [0.25, 0.3) is 0 Å². The fourth-order valence-corrected chi connectivity index (χ4v) is 6.80. The molecule has 43 heavy (non-hydrogen) atoms. The van der Waals surface area contributed by atoms with E-state index < -0.39 is 0 Å². The number of rotatable bonds is 16. The van der Waals surface area contributed by atoms with E-state index in [4.69, 9.17) is 4.74 Å². The lowest BCUT2D eigenvalue weighted by atomic mass is 9.75. The first-order valence-electron chi connectivity index (χ1n) is 18.3. The monoisotopic (exact) mass is 607 g/mol. The van der Waals surface area contributed by atoms with Crippen LogP contribution in [0.2, 0.25) is 0 Å². The van der Waals surface area contributed by atoms with Gasteiger partial charge < -0.3 is 4.74 Å². The van der Waals surface area contributed by atoms with Crippen molar-refractivity contribution in [3.8, 4) is 0 Å². The van der Waals surface area contributed by atoms with Gasteiger partial charge in [0.1, 0.15) is 11.6 Å². The van der Waals surface area contributed by atoms with E-state index in [9.17, 15) is 9.59 Å². The van der Waals surface area contributed by atoms with Crippen LogP contribution in [-0.2, 0) is 14.3 Å². The highest BCUT2D eigenvalue weighted by molar-refractivity contribution is 5.83. The third-order valence-electron chi connectivity index (χ3n) is 10.5. The summed E-state index contributed by atoms with van der Waals surface area (Å²) < 4.78 is 5.72. The standard InChI is InChI=1S/C20H38O.C19H36O2.CH4/c1-16(2)18-14-12-17(13-15-18)10-8-6-7-9-11-19(21)20(3,4)5;1-15(2)17-10-8-16(9-11-17)12-14-21-13-6-7-18(20)19(3,4)5;/h16-18H,6-15H2,1-5H3;15-17H,6-14H2,1-5H3;1H4. The van der Waals surface area contributed by atoms with Gasteiger partial charge in [-0.3, -0.25) is 9.59 Å². The Morgan fingerprint density at radius 3 is 1.37 bits per heavy atom. The minimum absolute atomic E-state index is 0. The number of ether oxygens (including phenoxy) is 1. The number of unbranched alkanes of at least 4 members (excludes halogenated alkanes) is 3. The minimum Gasteiger partial charge on any atom is -0.381 e. The summed E-state index contributed by atoms with van der Waals surface area (Å²) in [4.78, 5) is 23.6. The van der Waals surface area contributed by atoms with Gasteiger partial charge >= 0.3 is 0 Å². The predicted molar refractivity (Wildman–Crippen MR) is 189 cm³/mol. The SMILES string of the molecule is C.CC(C)C1CCC(CCCCCCC(=O)C(C)(C)C)CC1.CC(C)C1CCC(CCOCCCC(=O)C(C)(C)C)CC1. The quantitative estimate of drug-likeness (QED) is 0.164. The lowest BCUT2D eigenvalue weighted by Gasteiger charge is -2.30. The first kappa shape index (κ1) is 42.3. The summed E-state index contributed by atoms with van der Waals surface area (Å²) >= 11 is 0. The maximum Gasteiger partial charge on any atom is 0.138 e. The Morgan fingerprint density at radius 1 is 0.558 bits per heavy atom. The molecule has 0 radical (unpaired) electrons. The predicted octanol–water partition coefficient (Wildman–Crippen LogP) is 12.3. The lowest BCUT2D eigenvalue weighted by Crippen LogP contribution is -2.20. The molecule has 0 N–H and O–H groups in total. The average Bonchev–Trinajstić information content (AvgIpc) is 2.92. The van der Waals surface area contributed by atoms with Crippen molar-refractivity contribution in [1.29, 1.82) is 0 Å². The van der Waals surface area contributed by atoms with E-state index in [1.165, 1.54) is 83.5 Å². The largest absolute Gasteiger partial charge is 0.381 e. The van der Waals surface area contributed by atoms with Crippen LogP contribution < -0.4 is 0 Å². The summed E-state index contributed by atoms with van der Waals surface area (Å²) in [6, 6.07) is 0. The maximum absolute atomic E-state index is 11.8. The smallest absolute Gasteiger partial charge is 0.138 e. The van der Waals surface area contributed by atoms with Crippen molar-refractivity contribution in [1.82, 2.24) is 0 Å². The molecule has 2 aliphatic rings. The Kier molecular flexibility index (Phi) is 21.6. The first-order valence-corrected chi connectivity index (χ1v) is 18.3. The van der Waals surface area contributed by atoms with Gasteiger partial charge in [-0.2, -0.15) is 0 Å². The first-order chi connectivity index (χ1) is 19.6. The Morgan fingerprint density at radius 2 is 0.953 bits per heavy atom. The van der Waals surface area contributed by atoms with E-state index in [0.717, 1.165) is 68.0 Å². The van der Waals surface area contributed by atoms with Crippen molar-refractivity contribution in [2.45, 2.75) is 186 Å². The van der Waals surface area contributed by atoms with Gasteiger partial charge in [-0.1, -0.05) is 128 Å². The van der Waals surface area contributed by atoms with Gasteiger partial charge in [0, 0.05) is 36.9 Å². The Bertz CT molecular complexity index is 645. The molecule has 2 aliphatic carbocycles. The Labute approximate surface area is 270 Å². The molecule has 0 aromatic rings. The summed E-state index contributed by atoms with van der Waals surface area (Å²) in [5.74, 6) is 6.31. The second-order valence-electron chi connectivity index (χ2n) is 16.9. The highest BCUT2D eigenvalue weighted by Gasteiger charge is 2.24. The summed E-state index contributed by atoms with van der Waals surface area (Å²) in [6.45, 7) is 23.1. The summed E-state index contributed by atoms with van der Waals surface area (Å²) in [7, 11) is 0. The summed E-state index contributed by atoms with van der Waals surface area (Å²) in [5.41, 5.74) is -0.343. The van der Waals surface area contributed by atoms with Gasteiger partial charge in [-0.15, -0.1) is 0 Å². The van der Waals surface area contributed by atoms with Crippen LogP contribution >= 0.6 is 0 Å². The highest BCUT2D eigenvalue weighted by atomic mass is 16.5. The van der Waals surface area contributed by atoms with Crippen molar-refractivity contribution in [2.75, 3.05) is 13.2 Å². The molecule has 0 saturated heterocycles. The number of carbonyl (C=O) groups excluding carboxylic acids is 2. The van der Waals surface area contributed by atoms with E-state index in [2.05, 4.69) is 27.7 Å². The van der Waals surface area contributed by atoms with Crippen molar-refractivity contribution < 1.29 is 14.3 Å². The molecule has 3 nitrogen and oxygen atoms in total. The molecular weight excluding hydrogens is 528 g/mol. The molecule has 0 amide bonds. The molecule has 0 bridgehead atoms. The number of carbonyl (C=O) groups is 2. The normalized spacial score (nSPS) is 23.0. The number of hydrogen-bond acceptors (Lipinski definition) is 3. The van der Waals surface area contributed by atoms with E-state index in [-0.39, 0.29) is 18.3 Å². The van der Waals surface area contributed by atoms with Crippen molar-refractivity contribution in [2.24, 2.45) is 46.3 Å². The zero-order chi connectivity index (χ0) is 31.8. The van der Waals surface area contributed by atoms with Gasteiger partial charge in [0.2, 0.25) is 0 Å². The van der Waals surface area contributed by atoms with Gasteiger partial charge in [0.05, 0.1) is 0 Å². The number of ketones is 2. The van der Waals surface area contributed by atoms with Gasteiger partial charge in [-0.25, -0.2) is 0 Å². The molecule has 0 heterocycles. The fourth-order valence-electron chi connectivity index (χ4n) is 6.80. The van der Waals surface area contributed by atoms with E-state index >= 15 is 0 Å². The second-order valence-corrected chi connectivity index (χ2v) is 16.9. The van der Waals surface area contributed by atoms with Crippen LogP contribution in [0.15, 0.2) is 0 Å². The Hall–Kier alpha value is -0.700. The van der Waals surface area contributed by atoms with Crippen molar-refractivity contribution in [3.05, 3.63) is 0 Å². The highest BCUT2D eigenvalue weighted by Crippen LogP contribution is 2.36. The molecule has 0 aliphatic heterocycles. The average molecular weight is 607 g/mol. The van der Waals surface area contributed by atoms with E-state index in [0.29, 0.717) is 18.0 Å². The summed E-state index contributed by atoms with van der Waals surface area (Å²) in [5, 5.41) is 0. The Balaban J connectivity index is 0.000000802. The zero-order valence-corrected chi connectivity index (χ0v) is 30.1. The number of hydrogen-bond donors (Lipinski definition) is 0. The molecule has 2 saturated carbocycles. The lowest BCUT2D eigenvalue weighted by molar-refractivity contribution is -0.127. The molecule has 2 rings (SSSR count). The van der Waals surface area contributed by atoms with E-state index in [1.807, 2.05) is 41.5 Å². The zero-order valence-electron chi connectivity index (χ0n) is 30.1. The van der Waals surface area contributed by atoms with Crippen LogP contribution in [-0.4, -0.2) is 24.8 Å². The third kappa shape index (κ3) is 19.4. The van der Waals surface area contributed by atoms with Crippen molar-refractivity contribution in [3.63, 3.8) is 0 Å². The van der Waals surface area contributed by atoms with Crippen LogP contribution in [0.4, 0.5) is 0 Å². The van der Waals surface area contributed by atoms with Crippen molar-refractivity contribution >= 4 is 11.6 Å².